The second-order valence-electron chi connectivity index (χ2n) is 5.37. The molecule has 1 heterocycles. The van der Waals surface area contributed by atoms with Gasteiger partial charge in [0, 0.05) is 18.1 Å². The molecule has 0 saturated heterocycles. The lowest BCUT2D eigenvalue weighted by molar-refractivity contribution is -0.138. The average molecular weight is 374 g/mol. The number of rotatable bonds is 8. The Morgan fingerprint density at radius 2 is 2.00 bits per heavy atom. The fourth-order valence-electron chi connectivity index (χ4n) is 2.37. The summed E-state index contributed by atoms with van der Waals surface area (Å²) in [5, 5.41) is 0.751. The SMILES string of the molecule is CC/C=C(\C=C/CNS(=O)(=O)c1cccc2cccnc12)C(=O)OCC. The molecule has 1 aromatic carbocycles. The van der Waals surface area contributed by atoms with Crippen molar-refractivity contribution in [1.82, 2.24) is 9.71 Å². The number of esters is 1. The summed E-state index contributed by atoms with van der Waals surface area (Å²) in [5.41, 5.74) is 0.824. The van der Waals surface area contributed by atoms with Gasteiger partial charge < -0.3 is 4.74 Å². The lowest BCUT2D eigenvalue weighted by Crippen LogP contribution is -2.24. The number of pyridine rings is 1. The zero-order chi connectivity index (χ0) is 19.0. The molecule has 2 rings (SSSR count). The highest BCUT2D eigenvalue weighted by atomic mass is 32.2. The molecule has 0 aliphatic rings. The molecule has 0 aliphatic heterocycles. The molecule has 0 amide bonds. The van der Waals surface area contributed by atoms with Gasteiger partial charge >= 0.3 is 5.97 Å². The topological polar surface area (TPSA) is 85.4 Å². The number of ether oxygens (including phenoxy) is 1. The average Bonchev–Trinajstić information content (AvgIpc) is 2.64. The second-order valence-corrected chi connectivity index (χ2v) is 7.11. The van der Waals surface area contributed by atoms with Crippen LogP contribution in [0, 0.1) is 0 Å². The van der Waals surface area contributed by atoms with Gasteiger partial charge in [-0.2, -0.15) is 0 Å². The van der Waals surface area contributed by atoms with Crippen molar-refractivity contribution in [3.8, 4) is 0 Å². The first-order valence-electron chi connectivity index (χ1n) is 8.36. The van der Waals surface area contributed by atoms with Crippen molar-refractivity contribution < 1.29 is 17.9 Å². The van der Waals surface area contributed by atoms with Crippen LogP contribution in [0.15, 0.2) is 65.2 Å². The van der Waals surface area contributed by atoms with E-state index in [2.05, 4.69) is 9.71 Å². The lowest BCUT2D eigenvalue weighted by Gasteiger charge is -2.07. The first-order chi connectivity index (χ1) is 12.5. The van der Waals surface area contributed by atoms with E-state index in [1.165, 1.54) is 6.07 Å². The van der Waals surface area contributed by atoms with E-state index in [1.807, 2.05) is 19.1 Å². The molecule has 2 aromatic rings. The van der Waals surface area contributed by atoms with Crippen LogP contribution in [-0.2, 0) is 19.6 Å². The molecular formula is C19H22N2O4S. The largest absolute Gasteiger partial charge is 0.462 e. The number of carbonyl (C=O) groups excluding carboxylic acids is 1. The number of carbonyl (C=O) groups is 1. The predicted octanol–water partition coefficient (Wildman–Crippen LogP) is 2.97. The molecule has 1 aromatic heterocycles. The van der Waals surface area contributed by atoms with Gasteiger partial charge in [-0.05, 0) is 25.5 Å². The maximum absolute atomic E-state index is 12.6. The first-order valence-corrected chi connectivity index (χ1v) is 9.85. The zero-order valence-electron chi connectivity index (χ0n) is 14.8. The summed E-state index contributed by atoms with van der Waals surface area (Å²) in [6.45, 7) is 3.97. The molecule has 1 N–H and O–H groups in total. The van der Waals surface area contributed by atoms with E-state index in [0.717, 1.165) is 5.39 Å². The predicted molar refractivity (Wildman–Crippen MR) is 101 cm³/mol. The van der Waals surface area contributed by atoms with Gasteiger partial charge in [0.15, 0.2) is 0 Å². The molecule has 26 heavy (non-hydrogen) atoms. The summed E-state index contributed by atoms with van der Waals surface area (Å²) < 4.78 is 32.6. The number of allylic oxidation sites excluding steroid dienone is 1. The Morgan fingerprint density at radius 1 is 1.23 bits per heavy atom. The van der Waals surface area contributed by atoms with Gasteiger partial charge in [0.05, 0.1) is 17.7 Å². The number of nitrogens with zero attached hydrogens (tertiary/aromatic N) is 1. The summed E-state index contributed by atoms with van der Waals surface area (Å²) in [5.74, 6) is -0.424. The maximum atomic E-state index is 12.6. The molecule has 0 radical (unpaired) electrons. The van der Waals surface area contributed by atoms with E-state index in [-0.39, 0.29) is 18.0 Å². The van der Waals surface area contributed by atoms with Crippen molar-refractivity contribution in [3.05, 3.63) is 60.3 Å². The van der Waals surface area contributed by atoms with E-state index < -0.39 is 16.0 Å². The first kappa shape index (κ1) is 19.8. The van der Waals surface area contributed by atoms with E-state index in [0.29, 0.717) is 17.5 Å². The minimum Gasteiger partial charge on any atom is -0.462 e. The van der Waals surface area contributed by atoms with Crippen LogP contribution in [0.4, 0.5) is 0 Å². The molecule has 0 atom stereocenters. The third-order valence-corrected chi connectivity index (χ3v) is 4.96. The van der Waals surface area contributed by atoms with Crippen molar-refractivity contribution in [2.75, 3.05) is 13.2 Å². The summed E-state index contributed by atoms with van der Waals surface area (Å²) in [7, 11) is -3.73. The Labute approximate surface area is 153 Å². The van der Waals surface area contributed by atoms with Crippen LogP contribution in [0.2, 0.25) is 0 Å². The van der Waals surface area contributed by atoms with Crippen molar-refractivity contribution in [2.45, 2.75) is 25.2 Å². The molecule has 0 saturated carbocycles. The number of benzene rings is 1. The summed E-state index contributed by atoms with van der Waals surface area (Å²) in [4.78, 5) is 16.1. The van der Waals surface area contributed by atoms with Gasteiger partial charge in [0.1, 0.15) is 4.90 Å². The van der Waals surface area contributed by atoms with Crippen LogP contribution in [-0.4, -0.2) is 32.5 Å². The Bertz CT molecular complexity index is 928. The maximum Gasteiger partial charge on any atom is 0.337 e. The number of para-hydroxylation sites is 1. The fourth-order valence-corrected chi connectivity index (χ4v) is 3.52. The smallest absolute Gasteiger partial charge is 0.337 e. The van der Waals surface area contributed by atoms with Crippen LogP contribution >= 0.6 is 0 Å². The van der Waals surface area contributed by atoms with Gasteiger partial charge in [0.25, 0.3) is 0 Å². The van der Waals surface area contributed by atoms with Crippen LogP contribution < -0.4 is 4.72 Å². The molecule has 6 nitrogen and oxygen atoms in total. The Hall–Kier alpha value is -2.51. The molecule has 0 fully saturated rings. The zero-order valence-corrected chi connectivity index (χ0v) is 15.6. The van der Waals surface area contributed by atoms with E-state index >= 15 is 0 Å². The summed E-state index contributed by atoms with van der Waals surface area (Å²) in [6.07, 6.45) is 7.10. The highest BCUT2D eigenvalue weighted by Crippen LogP contribution is 2.20. The third kappa shape index (κ3) is 5.00. The minimum absolute atomic E-state index is 0.0476. The molecule has 138 valence electrons. The third-order valence-electron chi connectivity index (χ3n) is 3.51. The van der Waals surface area contributed by atoms with Crippen molar-refractivity contribution in [3.63, 3.8) is 0 Å². The summed E-state index contributed by atoms with van der Waals surface area (Å²) >= 11 is 0. The van der Waals surface area contributed by atoms with Crippen LogP contribution in [0.5, 0.6) is 0 Å². The van der Waals surface area contributed by atoms with E-state index in [1.54, 1.807) is 43.5 Å². The number of hydrogen-bond acceptors (Lipinski definition) is 5. The normalized spacial score (nSPS) is 12.6. The van der Waals surface area contributed by atoms with Crippen LogP contribution in [0.25, 0.3) is 10.9 Å². The number of nitrogens with one attached hydrogen (secondary N) is 1. The minimum atomic E-state index is -3.73. The van der Waals surface area contributed by atoms with Crippen LogP contribution in [0.3, 0.4) is 0 Å². The Kier molecular flexibility index (Phi) is 7.06. The molecule has 0 unspecified atom stereocenters. The molecule has 0 bridgehead atoms. The van der Waals surface area contributed by atoms with Crippen molar-refractivity contribution >= 4 is 26.9 Å². The van der Waals surface area contributed by atoms with Gasteiger partial charge in [-0.1, -0.05) is 43.4 Å². The highest BCUT2D eigenvalue weighted by Gasteiger charge is 2.17. The van der Waals surface area contributed by atoms with Gasteiger partial charge in [0.2, 0.25) is 10.0 Å². The second kappa shape index (κ2) is 9.26. The number of hydrogen-bond donors (Lipinski definition) is 1. The molecule has 7 heteroatoms. The van der Waals surface area contributed by atoms with E-state index in [9.17, 15) is 13.2 Å². The van der Waals surface area contributed by atoms with Gasteiger partial charge in [-0.25, -0.2) is 17.9 Å². The molecular weight excluding hydrogens is 352 g/mol. The monoisotopic (exact) mass is 374 g/mol. The number of sulfonamides is 1. The van der Waals surface area contributed by atoms with Crippen molar-refractivity contribution in [1.29, 1.82) is 0 Å². The lowest BCUT2D eigenvalue weighted by atomic mass is 10.2. The quantitative estimate of drug-likeness (QED) is 0.436. The standard InChI is InChI=1S/C19H22N2O4S/c1-3-8-16(19(22)25-4-2)11-7-14-21-26(23,24)17-12-5-9-15-10-6-13-20-18(15)17/h5-13,21H,3-4,14H2,1-2H3/b11-7-,16-8+. The van der Waals surface area contributed by atoms with E-state index in [4.69, 9.17) is 4.74 Å². The summed E-state index contributed by atoms with van der Waals surface area (Å²) in [6, 6.07) is 8.57. The van der Waals surface area contributed by atoms with Gasteiger partial charge in [-0.15, -0.1) is 0 Å². The number of aromatic nitrogens is 1. The van der Waals surface area contributed by atoms with Gasteiger partial charge in [-0.3, -0.25) is 4.98 Å². The van der Waals surface area contributed by atoms with Crippen molar-refractivity contribution in [2.24, 2.45) is 0 Å². The molecule has 0 aliphatic carbocycles. The fraction of sp³-hybridized carbons (Fsp3) is 0.263. The Morgan fingerprint density at radius 3 is 2.73 bits per heavy atom. The van der Waals surface area contributed by atoms with Crippen LogP contribution in [0.1, 0.15) is 20.3 Å². The number of fused-ring (bicyclic) bond motifs is 1. The molecule has 0 spiro atoms. The highest BCUT2D eigenvalue weighted by molar-refractivity contribution is 7.89. The Balaban J connectivity index is 2.12.